The van der Waals surface area contributed by atoms with E-state index in [0.29, 0.717) is 6.67 Å². The van der Waals surface area contributed by atoms with Gasteiger partial charge in [-0.3, -0.25) is 9.59 Å². The minimum Gasteiger partial charge on any atom is -0.322 e. The molecule has 5 heteroatoms. The van der Waals surface area contributed by atoms with Gasteiger partial charge in [0.15, 0.2) is 6.67 Å². The normalized spacial score (nSPS) is 32.1. The number of allylic oxidation sites excluding steroid dienone is 2. The summed E-state index contributed by atoms with van der Waals surface area (Å²) >= 11 is 0. The number of hydrogen-bond acceptors (Lipinski definition) is 2. The Morgan fingerprint density at radius 3 is 2.00 bits per heavy atom. The highest BCUT2D eigenvalue weighted by atomic mass is 16.2. The molecule has 0 unspecified atom stereocenters. The zero-order chi connectivity index (χ0) is 17.2. The number of carbonyl (C=O) groups excluding carboxylic acids is 2. The van der Waals surface area contributed by atoms with E-state index in [2.05, 4.69) is 42.5 Å². The van der Waals surface area contributed by atoms with Crippen molar-refractivity contribution in [3.8, 4) is 0 Å². The monoisotopic (exact) mass is 341 g/mol. The van der Waals surface area contributed by atoms with E-state index in [-0.39, 0.29) is 23.7 Å². The van der Waals surface area contributed by atoms with Crippen molar-refractivity contribution in [2.75, 3.05) is 32.8 Å². The Morgan fingerprint density at radius 1 is 0.840 bits per heavy atom. The lowest BCUT2D eigenvalue weighted by Gasteiger charge is -2.31. The second kappa shape index (κ2) is 7.10. The van der Waals surface area contributed by atoms with Gasteiger partial charge in [-0.2, -0.15) is 0 Å². The maximum Gasteiger partial charge on any atom is 0.237 e. The summed E-state index contributed by atoms with van der Waals surface area (Å²) in [5, 5.41) is 0. The van der Waals surface area contributed by atoms with Gasteiger partial charge in [0, 0.05) is 5.56 Å². The van der Waals surface area contributed by atoms with Gasteiger partial charge in [0.05, 0.1) is 11.8 Å². The predicted octanol–water partition coefficient (Wildman–Crippen LogP) is -1.12. The Balaban J connectivity index is 1.30. The van der Waals surface area contributed by atoms with Crippen LogP contribution in [0.25, 0.3) is 0 Å². The fraction of sp³-hybridized carbons (Fsp3) is 0.500. The fourth-order valence-corrected chi connectivity index (χ4v) is 4.42. The van der Waals surface area contributed by atoms with Crippen molar-refractivity contribution in [2.24, 2.45) is 11.8 Å². The molecule has 0 spiro atoms. The molecule has 1 aliphatic carbocycles. The first-order chi connectivity index (χ1) is 12.2. The second-order valence-corrected chi connectivity index (χ2v) is 7.58. The van der Waals surface area contributed by atoms with E-state index in [4.69, 9.17) is 0 Å². The fourth-order valence-electron chi connectivity index (χ4n) is 4.42. The number of piperazine rings is 1. The molecule has 2 atom stereocenters. The van der Waals surface area contributed by atoms with Gasteiger partial charge in [-0.05, 0) is 12.8 Å². The molecule has 2 amide bonds. The van der Waals surface area contributed by atoms with Crippen LogP contribution >= 0.6 is 0 Å². The van der Waals surface area contributed by atoms with Crippen molar-refractivity contribution in [1.82, 2.24) is 4.90 Å². The van der Waals surface area contributed by atoms with Crippen LogP contribution in [0.4, 0.5) is 0 Å². The Morgan fingerprint density at radius 2 is 1.40 bits per heavy atom. The first-order valence-electron chi connectivity index (χ1n) is 9.43. The first-order valence-corrected chi connectivity index (χ1v) is 9.43. The Hall–Kier alpha value is -1.98. The van der Waals surface area contributed by atoms with Crippen LogP contribution in [0, 0.1) is 11.8 Å². The number of nitrogens with zero attached hydrogens (tertiary/aromatic N) is 1. The third-order valence-corrected chi connectivity index (χ3v) is 5.94. The Bertz CT molecular complexity index is 639. The summed E-state index contributed by atoms with van der Waals surface area (Å²) in [6, 6.07) is 10.6. The third-order valence-electron chi connectivity index (χ3n) is 5.94. The van der Waals surface area contributed by atoms with E-state index in [1.54, 1.807) is 9.80 Å². The average Bonchev–Trinajstić information content (AvgIpc) is 2.89. The molecule has 0 saturated carbocycles. The molecule has 2 N–H and O–H groups in total. The summed E-state index contributed by atoms with van der Waals surface area (Å²) in [5.74, 6) is -0.0689. The number of nitrogens with one attached hydrogen (secondary N) is 2. The molecule has 25 heavy (non-hydrogen) atoms. The van der Waals surface area contributed by atoms with Crippen LogP contribution in [0.5, 0.6) is 0 Å². The molecule has 2 aliphatic heterocycles. The molecule has 0 radical (unpaired) electrons. The molecule has 2 fully saturated rings. The zero-order valence-electron chi connectivity index (χ0n) is 14.6. The van der Waals surface area contributed by atoms with Crippen LogP contribution in [0.2, 0.25) is 0 Å². The highest BCUT2D eigenvalue weighted by Gasteiger charge is 2.48. The predicted molar refractivity (Wildman–Crippen MR) is 93.6 cm³/mol. The molecule has 5 nitrogen and oxygen atoms in total. The third kappa shape index (κ3) is 3.39. The molecule has 4 rings (SSSR count). The quantitative estimate of drug-likeness (QED) is 0.538. The smallest absolute Gasteiger partial charge is 0.237 e. The molecule has 0 bridgehead atoms. The zero-order valence-corrected chi connectivity index (χ0v) is 14.6. The van der Waals surface area contributed by atoms with Crippen LogP contribution in [-0.2, 0) is 16.1 Å². The highest BCUT2D eigenvalue weighted by molar-refractivity contribution is 6.05. The standard InChI is InChI=1S/C20H25N3O2/c24-19-17-8-4-5-9-18(17)20(25)23(19)15-22-12-10-21(11-13-22)14-16-6-2-1-3-7-16/h1-7,17-18H,8-15H2/p+2/t17-,18-/m1/s1. The molecule has 3 aliphatic rings. The van der Waals surface area contributed by atoms with Gasteiger partial charge in [-0.15, -0.1) is 0 Å². The number of rotatable bonds is 4. The summed E-state index contributed by atoms with van der Waals surface area (Å²) in [6.07, 6.45) is 5.56. The van der Waals surface area contributed by atoms with Crippen LogP contribution in [0.15, 0.2) is 42.5 Å². The summed E-state index contributed by atoms with van der Waals surface area (Å²) < 4.78 is 0. The SMILES string of the molecule is O=C1[C@@H]2CC=CC[C@H]2C(=O)N1C[NH+]1CC[NH+](Cc2ccccc2)CC1. The summed E-state index contributed by atoms with van der Waals surface area (Å²) in [4.78, 5) is 29.7. The summed E-state index contributed by atoms with van der Waals surface area (Å²) in [5.41, 5.74) is 1.38. The van der Waals surface area contributed by atoms with Crippen molar-refractivity contribution in [3.63, 3.8) is 0 Å². The summed E-state index contributed by atoms with van der Waals surface area (Å²) in [6.45, 7) is 5.85. The Kier molecular flexibility index (Phi) is 4.68. The second-order valence-electron chi connectivity index (χ2n) is 7.58. The molecule has 1 aromatic carbocycles. The number of quaternary nitrogens is 2. The minimum absolute atomic E-state index is 0.0610. The molecule has 1 aromatic rings. The number of amides is 2. The highest BCUT2D eigenvalue weighted by Crippen LogP contribution is 2.34. The lowest BCUT2D eigenvalue weighted by molar-refractivity contribution is -1.02. The van der Waals surface area contributed by atoms with E-state index in [0.717, 1.165) is 45.6 Å². The summed E-state index contributed by atoms with van der Waals surface area (Å²) in [7, 11) is 0. The van der Waals surface area contributed by atoms with Crippen LogP contribution in [0.1, 0.15) is 18.4 Å². The molecule has 2 saturated heterocycles. The van der Waals surface area contributed by atoms with Crippen molar-refractivity contribution >= 4 is 11.8 Å². The van der Waals surface area contributed by atoms with Crippen molar-refractivity contribution < 1.29 is 19.4 Å². The van der Waals surface area contributed by atoms with Crippen LogP contribution < -0.4 is 9.80 Å². The van der Waals surface area contributed by atoms with Gasteiger partial charge in [-0.1, -0.05) is 42.5 Å². The average molecular weight is 341 g/mol. The molecule has 0 aromatic heterocycles. The Labute approximate surface area is 148 Å². The van der Waals surface area contributed by atoms with Gasteiger partial charge in [0.25, 0.3) is 0 Å². The van der Waals surface area contributed by atoms with E-state index in [1.807, 2.05) is 0 Å². The van der Waals surface area contributed by atoms with Gasteiger partial charge >= 0.3 is 0 Å². The molecular weight excluding hydrogens is 314 g/mol. The maximum atomic E-state index is 12.6. The number of hydrogen-bond donors (Lipinski definition) is 2. The first kappa shape index (κ1) is 16.5. The van der Waals surface area contributed by atoms with Crippen molar-refractivity contribution in [2.45, 2.75) is 19.4 Å². The molecule has 2 heterocycles. The number of imide groups is 1. The minimum atomic E-state index is -0.0955. The van der Waals surface area contributed by atoms with Crippen molar-refractivity contribution in [3.05, 3.63) is 48.0 Å². The van der Waals surface area contributed by atoms with Crippen LogP contribution in [-0.4, -0.2) is 49.6 Å². The van der Waals surface area contributed by atoms with Crippen molar-refractivity contribution in [1.29, 1.82) is 0 Å². The number of likely N-dealkylation sites (tertiary alicyclic amines) is 1. The lowest BCUT2D eigenvalue weighted by Crippen LogP contribution is -3.28. The van der Waals surface area contributed by atoms with E-state index < -0.39 is 0 Å². The number of carbonyl (C=O) groups is 2. The number of fused-ring (bicyclic) bond motifs is 1. The molecule has 132 valence electrons. The van der Waals surface area contributed by atoms with E-state index >= 15 is 0 Å². The lowest BCUT2D eigenvalue weighted by atomic mass is 9.85. The van der Waals surface area contributed by atoms with E-state index in [1.165, 1.54) is 10.5 Å². The van der Waals surface area contributed by atoms with E-state index in [9.17, 15) is 9.59 Å². The van der Waals surface area contributed by atoms with Gasteiger partial charge in [0.2, 0.25) is 11.8 Å². The topological polar surface area (TPSA) is 46.3 Å². The van der Waals surface area contributed by atoms with Gasteiger partial charge in [-0.25, -0.2) is 4.90 Å². The van der Waals surface area contributed by atoms with Gasteiger partial charge < -0.3 is 9.80 Å². The molecular formula is C20H27N3O2+2. The van der Waals surface area contributed by atoms with Crippen LogP contribution in [0.3, 0.4) is 0 Å². The number of benzene rings is 1. The largest absolute Gasteiger partial charge is 0.322 e. The maximum absolute atomic E-state index is 12.6. The van der Waals surface area contributed by atoms with Gasteiger partial charge in [0.1, 0.15) is 32.7 Å².